The fourth-order valence-electron chi connectivity index (χ4n) is 1.58. The number of rotatable bonds is 6. The van der Waals surface area contributed by atoms with Crippen LogP contribution in [-0.4, -0.2) is 55.5 Å². The van der Waals surface area contributed by atoms with Gasteiger partial charge >= 0.3 is 6.03 Å². The first kappa shape index (κ1) is 18.9. The van der Waals surface area contributed by atoms with E-state index in [0.717, 1.165) is 13.1 Å². The van der Waals surface area contributed by atoms with E-state index in [0.29, 0.717) is 25.0 Å². The average molecular weight is 397 g/mol. The minimum Gasteiger partial charge on any atom is -0.357 e. The first-order valence-corrected chi connectivity index (χ1v) is 6.65. The molecule has 1 aliphatic heterocycles. The maximum Gasteiger partial charge on any atom is 0.324 e. The van der Waals surface area contributed by atoms with Crippen LogP contribution in [0.4, 0.5) is 4.79 Å². The molecule has 0 aromatic heterocycles. The van der Waals surface area contributed by atoms with E-state index in [9.17, 15) is 9.59 Å². The van der Waals surface area contributed by atoms with Crippen LogP contribution in [0.15, 0.2) is 4.99 Å². The summed E-state index contributed by atoms with van der Waals surface area (Å²) in [6.07, 6.45) is 0. The highest BCUT2D eigenvalue weighted by Gasteiger charge is 2.27. The molecule has 1 aliphatic rings. The van der Waals surface area contributed by atoms with Gasteiger partial charge in [0.2, 0.25) is 5.91 Å². The first-order chi connectivity index (χ1) is 9.04. The summed E-state index contributed by atoms with van der Waals surface area (Å²) in [5.74, 6) is 1.01. The molecule has 7 nitrogen and oxygen atoms in total. The first-order valence-electron chi connectivity index (χ1n) is 6.65. The Hall–Kier alpha value is -1.06. The summed E-state index contributed by atoms with van der Waals surface area (Å²) in [6, 6.07) is -0.323. The minimum absolute atomic E-state index is 0. The molecule has 3 amide bonds. The van der Waals surface area contributed by atoms with Crippen LogP contribution in [0.25, 0.3) is 0 Å². The lowest BCUT2D eigenvalue weighted by Crippen LogP contribution is -2.43. The van der Waals surface area contributed by atoms with Crippen LogP contribution in [0.5, 0.6) is 0 Å². The van der Waals surface area contributed by atoms with Gasteiger partial charge in [-0.1, -0.05) is 13.8 Å². The zero-order valence-electron chi connectivity index (χ0n) is 12.2. The lowest BCUT2D eigenvalue weighted by Gasteiger charge is -2.15. The molecule has 0 bridgehead atoms. The van der Waals surface area contributed by atoms with Crippen LogP contribution in [0, 0.1) is 5.92 Å². The summed E-state index contributed by atoms with van der Waals surface area (Å²) < 4.78 is 0. The van der Waals surface area contributed by atoms with Crippen LogP contribution in [0.1, 0.15) is 20.8 Å². The predicted octanol–water partition coefficient (Wildman–Crippen LogP) is 0.367. The van der Waals surface area contributed by atoms with Crippen molar-refractivity contribution in [2.75, 3.05) is 32.7 Å². The number of amides is 3. The van der Waals surface area contributed by atoms with Crippen molar-refractivity contribution in [1.29, 1.82) is 0 Å². The van der Waals surface area contributed by atoms with E-state index in [1.807, 2.05) is 6.92 Å². The Morgan fingerprint density at radius 1 is 1.40 bits per heavy atom. The fourth-order valence-corrected chi connectivity index (χ4v) is 1.58. The number of aliphatic imine (C=N–C) groups is 1. The van der Waals surface area contributed by atoms with Crippen molar-refractivity contribution < 1.29 is 9.59 Å². The molecule has 20 heavy (non-hydrogen) atoms. The van der Waals surface area contributed by atoms with E-state index < -0.39 is 0 Å². The highest BCUT2D eigenvalue weighted by molar-refractivity contribution is 14.0. The van der Waals surface area contributed by atoms with Crippen molar-refractivity contribution in [3.8, 4) is 0 Å². The molecule has 3 N–H and O–H groups in total. The van der Waals surface area contributed by atoms with E-state index in [4.69, 9.17) is 0 Å². The van der Waals surface area contributed by atoms with E-state index in [1.165, 1.54) is 4.90 Å². The molecule has 0 radical (unpaired) electrons. The molecule has 0 aromatic carbocycles. The lowest BCUT2D eigenvalue weighted by atomic mass is 10.2. The third-order valence-electron chi connectivity index (χ3n) is 2.52. The molecule has 1 fully saturated rings. The zero-order valence-corrected chi connectivity index (χ0v) is 14.6. The van der Waals surface area contributed by atoms with E-state index in [2.05, 4.69) is 34.8 Å². The number of hydrogen-bond donors (Lipinski definition) is 3. The zero-order chi connectivity index (χ0) is 14.3. The van der Waals surface area contributed by atoms with E-state index >= 15 is 0 Å². The standard InChI is InChI=1S/C12H23N5O2.HI/c1-4-13-11(15-7-9(2)3)14-5-6-17-10(18)8-16-12(17)19;/h9H,4-8H2,1-3H3,(H,16,19)(H2,13,14,15);1H. The second kappa shape index (κ2) is 9.78. The molecule has 8 heteroatoms. The maximum atomic E-state index is 11.4. The van der Waals surface area contributed by atoms with Gasteiger partial charge in [-0.15, -0.1) is 24.0 Å². The lowest BCUT2D eigenvalue weighted by molar-refractivity contribution is -0.124. The number of guanidine groups is 1. The summed E-state index contributed by atoms with van der Waals surface area (Å²) in [7, 11) is 0. The Bertz CT molecular complexity index is 344. The number of hydrogen-bond acceptors (Lipinski definition) is 3. The van der Waals surface area contributed by atoms with Crippen LogP contribution in [0.3, 0.4) is 0 Å². The highest BCUT2D eigenvalue weighted by Crippen LogP contribution is 1.97. The molecule has 1 heterocycles. The van der Waals surface area contributed by atoms with Gasteiger partial charge in [-0.25, -0.2) is 4.79 Å². The van der Waals surface area contributed by atoms with Gasteiger partial charge in [-0.3, -0.25) is 14.7 Å². The van der Waals surface area contributed by atoms with Crippen molar-refractivity contribution in [3.05, 3.63) is 0 Å². The monoisotopic (exact) mass is 397 g/mol. The van der Waals surface area contributed by atoms with Gasteiger partial charge in [0.1, 0.15) is 0 Å². The summed E-state index contributed by atoms with van der Waals surface area (Å²) in [4.78, 5) is 28.3. The molecule has 0 aliphatic carbocycles. The van der Waals surface area contributed by atoms with Gasteiger partial charge in [0.25, 0.3) is 0 Å². The molecule has 0 spiro atoms. The van der Waals surface area contributed by atoms with Crippen molar-refractivity contribution in [2.24, 2.45) is 10.9 Å². The molecule has 1 saturated heterocycles. The van der Waals surface area contributed by atoms with Crippen LogP contribution < -0.4 is 16.0 Å². The minimum atomic E-state index is -0.323. The molecular formula is C12H24IN5O2. The topological polar surface area (TPSA) is 85.8 Å². The SMILES string of the molecule is CCNC(=NCC(C)C)NCCN1C(=O)CNC1=O.I. The largest absolute Gasteiger partial charge is 0.357 e. The van der Waals surface area contributed by atoms with Crippen LogP contribution in [-0.2, 0) is 4.79 Å². The number of imide groups is 1. The second-order valence-electron chi connectivity index (χ2n) is 4.74. The van der Waals surface area contributed by atoms with Gasteiger partial charge in [0, 0.05) is 26.2 Å². The molecule has 0 unspecified atom stereocenters. The molecule has 0 saturated carbocycles. The van der Waals surface area contributed by atoms with Crippen molar-refractivity contribution in [2.45, 2.75) is 20.8 Å². The van der Waals surface area contributed by atoms with Crippen molar-refractivity contribution in [1.82, 2.24) is 20.9 Å². The third-order valence-corrected chi connectivity index (χ3v) is 2.52. The Kier molecular flexibility index (Phi) is 9.26. The number of nitrogens with one attached hydrogen (secondary N) is 3. The van der Waals surface area contributed by atoms with Gasteiger partial charge in [0.05, 0.1) is 6.54 Å². The van der Waals surface area contributed by atoms with Gasteiger partial charge in [-0.05, 0) is 12.8 Å². The fraction of sp³-hybridized carbons (Fsp3) is 0.750. The van der Waals surface area contributed by atoms with Crippen LogP contribution in [0.2, 0.25) is 0 Å². The average Bonchev–Trinajstić information content (AvgIpc) is 2.67. The molecule has 0 atom stereocenters. The van der Waals surface area contributed by atoms with E-state index in [-0.39, 0.29) is 42.5 Å². The summed E-state index contributed by atoms with van der Waals surface area (Å²) in [6.45, 7) is 8.62. The molecule has 116 valence electrons. The highest BCUT2D eigenvalue weighted by atomic mass is 127. The number of halogens is 1. The number of urea groups is 1. The Balaban J connectivity index is 0.00000361. The summed E-state index contributed by atoms with van der Waals surface area (Å²) in [5, 5.41) is 8.72. The number of carbonyl (C=O) groups excluding carboxylic acids is 2. The summed E-state index contributed by atoms with van der Waals surface area (Å²) >= 11 is 0. The Morgan fingerprint density at radius 2 is 2.10 bits per heavy atom. The Morgan fingerprint density at radius 3 is 2.60 bits per heavy atom. The molecule has 0 aromatic rings. The van der Waals surface area contributed by atoms with Crippen LogP contribution >= 0.6 is 24.0 Å². The second-order valence-corrected chi connectivity index (χ2v) is 4.74. The Labute approximate surface area is 137 Å². The van der Waals surface area contributed by atoms with E-state index in [1.54, 1.807) is 0 Å². The van der Waals surface area contributed by atoms with Crippen molar-refractivity contribution in [3.63, 3.8) is 0 Å². The van der Waals surface area contributed by atoms with Gasteiger partial charge in [0.15, 0.2) is 5.96 Å². The smallest absolute Gasteiger partial charge is 0.324 e. The number of carbonyl (C=O) groups is 2. The van der Waals surface area contributed by atoms with Crippen molar-refractivity contribution >= 4 is 41.9 Å². The third kappa shape index (κ3) is 6.40. The molecule has 1 rings (SSSR count). The van der Waals surface area contributed by atoms with Gasteiger partial charge in [-0.2, -0.15) is 0 Å². The normalized spacial score (nSPS) is 15.2. The molecular weight excluding hydrogens is 373 g/mol. The van der Waals surface area contributed by atoms with Gasteiger partial charge < -0.3 is 16.0 Å². The quantitative estimate of drug-likeness (QED) is 0.262. The summed E-state index contributed by atoms with van der Waals surface area (Å²) in [5.41, 5.74) is 0. The predicted molar refractivity (Wildman–Crippen MR) is 89.3 cm³/mol. The maximum absolute atomic E-state index is 11.4. The number of nitrogens with zero attached hydrogens (tertiary/aromatic N) is 2.